The number of carbonyl (C=O) groups excluding carboxylic acids is 1. The van der Waals surface area contributed by atoms with Crippen molar-refractivity contribution in [1.82, 2.24) is 0 Å². The van der Waals surface area contributed by atoms with E-state index in [1.807, 2.05) is 42.5 Å². The van der Waals surface area contributed by atoms with Crippen molar-refractivity contribution in [1.29, 1.82) is 5.26 Å². The van der Waals surface area contributed by atoms with E-state index in [2.05, 4.69) is 0 Å². The monoisotopic (exact) mass is 357 g/mol. The zero-order valence-electron chi connectivity index (χ0n) is 14.6. The molecule has 4 rings (SSSR count). The van der Waals surface area contributed by atoms with Gasteiger partial charge in [0.25, 0.3) is 0 Å². The van der Waals surface area contributed by atoms with Crippen LogP contribution in [0, 0.1) is 11.3 Å². The van der Waals surface area contributed by atoms with Crippen molar-refractivity contribution >= 4 is 22.6 Å². The van der Waals surface area contributed by atoms with Crippen LogP contribution >= 0.6 is 0 Å². The first-order chi connectivity index (χ1) is 13.2. The Morgan fingerprint density at radius 1 is 1.04 bits per heavy atom. The van der Waals surface area contributed by atoms with E-state index in [4.69, 9.17) is 14.2 Å². The molecule has 0 aliphatic carbocycles. The first-order valence-corrected chi connectivity index (χ1v) is 8.32. The molecule has 3 aromatic carbocycles. The minimum Gasteiger partial charge on any atom is -0.497 e. The van der Waals surface area contributed by atoms with Crippen LogP contribution in [0.2, 0.25) is 0 Å². The Bertz CT molecular complexity index is 1120. The Labute approximate surface area is 156 Å². The summed E-state index contributed by atoms with van der Waals surface area (Å²) in [6, 6.07) is 18.4. The van der Waals surface area contributed by atoms with E-state index in [1.165, 1.54) is 0 Å². The molecule has 132 valence electrons. The number of Topliss-reactive ketones (excluding diaryl/α,β-unsaturated/α-hetero) is 1. The molecule has 0 N–H and O–H groups in total. The van der Waals surface area contributed by atoms with Gasteiger partial charge in [0, 0.05) is 5.56 Å². The molecule has 3 aromatic rings. The molecule has 0 bridgehead atoms. The number of nitriles is 1. The molecule has 0 spiro atoms. The van der Waals surface area contributed by atoms with Gasteiger partial charge in [0.05, 0.1) is 7.11 Å². The first-order valence-electron chi connectivity index (χ1n) is 8.32. The van der Waals surface area contributed by atoms with E-state index < -0.39 is 0 Å². The Morgan fingerprint density at radius 3 is 2.63 bits per heavy atom. The maximum absolute atomic E-state index is 12.7. The van der Waals surface area contributed by atoms with Crippen molar-refractivity contribution in [2.75, 3.05) is 13.9 Å². The molecule has 0 saturated heterocycles. The van der Waals surface area contributed by atoms with Crippen LogP contribution in [0.25, 0.3) is 16.8 Å². The molecule has 0 aromatic heterocycles. The molecule has 0 unspecified atom stereocenters. The summed E-state index contributed by atoms with van der Waals surface area (Å²) < 4.78 is 15.8. The van der Waals surface area contributed by atoms with Crippen LogP contribution < -0.4 is 14.2 Å². The fourth-order valence-electron chi connectivity index (χ4n) is 2.97. The van der Waals surface area contributed by atoms with Gasteiger partial charge in [-0.3, -0.25) is 4.79 Å². The zero-order chi connectivity index (χ0) is 18.8. The van der Waals surface area contributed by atoms with E-state index in [0.29, 0.717) is 17.1 Å². The number of carbonyl (C=O) groups is 1. The van der Waals surface area contributed by atoms with Gasteiger partial charge in [-0.05, 0) is 58.8 Å². The van der Waals surface area contributed by atoms with Gasteiger partial charge >= 0.3 is 0 Å². The van der Waals surface area contributed by atoms with Gasteiger partial charge in [-0.25, -0.2) is 0 Å². The Morgan fingerprint density at radius 2 is 1.81 bits per heavy atom. The second kappa shape index (κ2) is 6.85. The highest BCUT2D eigenvalue weighted by Gasteiger charge is 2.18. The van der Waals surface area contributed by atoms with Gasteiger partial charge in [0.15, 0.2) is 11.5 Å². The van der Waals surface area contributed by atoms with Crippen LogP contribution in [0.4, 0.5) is 0 Å². The number of ketones is 1. The van der Waals surface area contributed by atoms with Crippen LogP contribution in [0.3, 0.4) is 0 Å². The number of nitrogens with zero attached hydrogens (tertiary/aromatic N) is 1. The number of fused-ring (bicyclic) bond motifs is 2. The molecule has 0 amide bonds. The lowest BCUT2D eigenvalue weighted by Gasteiger charge is -2.05. The number of benzene rings is 3. The van der Waals surface area contributed by atoms with Crippen LogP contribution in [0.1, 0.15) is 15.9 Å². The van der Waals surface area contributed by atoms with Crippen molar-refractivity contribution in [2.24, 2.45) is 0 Å². The average Bonchev–Trinajstić information content (AvgIpc) is 3.18. The third kappa shape index (κ3) is 3.21. The summed E-state index contributed by atoms with van der Waals surface area (Å²) >= 11 is 0. The highest BCUT2D eigenvalue weighted by molar-refractivity contribution is 6.14. The summed E-state index contributed by atoms with van der Waals surface area (Å²) in [6.07, 6.45) is 1.59. The van der Waals surface area contributed by atoms with E-state index in [-0.39, 0.29) is 18.1 Å². The normalized spacial score (nSPS) is 12.7. The second-order valence-electron chi connectivity index (χ2n) is 6.04. The SMILES string of the molecule is COc1ccc2cc(C=C(C#N)C(=O)c3ccc4c(c3)OCO4)ccc2c1. The highest BCUT2D eigenvalue weighted by Crippen LogP contribution is 2.33. The van der Waals surface area contributed by atoms with Gasteiger partial charge in [-0.1, -0.05) is 18.2 Å². The van der Waals surface area contributed by atoms with E-state index in [1.54, 1.807) is 31.4 Å². The fraction of sp³-hybridized carbons (Fsp3) is 0.0909. The van der Waals surface area contributed by atoms with Crippen LogP contribution in [0.15, 0.2) is 60.2 Å². The molecule has 0 fully saturated rings. The molecular formula is C22H15NO4. The second-order valence-corrected chi connectivity index (χ2v) is 6.04. The molecule has 27 heavy (non-hydrogen) atoms. The Kier molecular flexibility index (Phi) is 4.23. The molecule has 1 aliphatic heterocycles. The topological polar surface area (TPSA) is 68.5 Å². The van der Waals surface area contributed by atoms with Crippen molar-refractivity contribution in [3.05, 3.63) is 71.3 Å². The molecule has 1 heterocycles. The lowest BCUT2D eigenvalue weighted by Crippen LogP contribution is -2.02. The summed E-state index contributed by atoms with van der Waals surface area (Å²) in [5.74, 6) is 1.53. The smallest absolute Gasteiger partial charge is 0.231 e. The minimum atomic E-state index is -0.356. The quantitative estimate of drug-likeness (QED) is 0.394. The van der Waals surface area contributed by atoms with E-state index in [9.17, 15) is 10.1 Å². The Balaban J connectivity index is 1.67. The standard InChI is InChI=1S/C22H15NO4/c1-25-19-6-4-15-8-14(2-3-16(15)10-19)9-18(12-23)22(24)17-5-7-20-21(11-17)27-13-26-20/h2-11H,13H2,1H3. The summed E-state index contributed by atoms with van der Waals surface area (Å²) in [5, 5.41) is 11.5. The third-order valence-electron chi connectivity index (χ3n) is 4.38. The van der Waals surface area contributed by atoms with Gasteiger partial charge < -0.3 is 14.2 Å². The molecule has 0 atom stereocenters. The summed E-state index contributed by atoms with van der Waals surface area (Å²) in [5.41, 5.74) is 1.22. The summed E-state index contributed by atoms with van der Waals surface area (Å²) in [6.45, 7) is 0.135. The van der Waals surface area contributed by atoms with Crippen LogP contribution in [-0.4, -0.2) is 19.7 Å². The number of hydrogen-bond acceptors (Lipinski definition) is 5. The van der Waals surface area contributed by atoms with Crippen molar-refractivity contribution in [3.8, 4) is 23.3 Å². The third-order valence-corrected chi connectivity index (χ3v) is 4.38. The van der Waals surface area contributed by atoms with Crippen LogP contribution in [-0.2, 0) is 0 Å². The first kappa shape index (κ1) is 16.7. The Hall–Kier alpha value is -3.78. The minimum absolute atomic E-state index is 0.0572. The molecule has 1 aliphatic rings. The molecule has 0 radical (unpaired) electrons. The largest absolute Gasteiger partial charge is 0.497 e. The lowest BCUT2D eigenvalue weighted by molar-refractivity contribution is 0.103. The van der Waals surface area contributed by atoms with Crippen molar-refractivity contribution in [2.45, 2.75) is 0 Å². The molecule has 5 nitrogen and oxygen atoms in total. The molecule has 0 saturated carbocycles. The average molecular weight is 357 g/mol. The number of allylic oxidation sites excluding steroid dienone is 1. The zero-order valence-corrected chi connectivity index (χ0v) is 14.6. The maximum atomic E-state index is 12.7. The van der Waals surface area contributed by atoms with Crippen molar-refractivity contribution < 1.29 is 19.0 Å². The van der Waals surface area contributed by atoms with Gasteiger partial charge in [0.2, 0.25) is 12.6 Å². The van der Waals surface area contributed by atoms with Crippen molar-refractivity contribution in [3.63, 3.8) is 0 Å². The summed E-state index contributed by atoms with van der Waals surface area (Å²) in [4.78, 5) is 12.7. The van der Waals surface area contributed by atoms with Gasteiger partial charge in [0.1, 0.15) is 17.4 Å². The van der Waals surface area contributed by atoms with Crippen LogP contribution in [0.5, 0.6) is 17.2 Å². The van der Waals surface area contributed by atoms with Gasteiger partial charge in [-0.2, -0.15) is 5.26 Å². The highest BCUT2D eigenvalue weighted by atomic mass is 16.7. The predicted molar refractivity (Wildman–Crippen MR) is 101 cm³/mol. The number of rotatable bonds is 4. The predicted octanol–water partition coefficient (Wildman–Crippen LogP) is 4.37. The fourth-order valence-corrected chi connectivity index (χ4v) is 2.97. The van der Waals surface area contributed by atoms with E-state index in [0.717, 1.165) is 22.1 Å². The molecule has 5 heteroatoms. The number of methoxy groups -OCH3 is 1. The molecular weight excluding hydrogens is 342 g/mol. The van der Waals surface area contributed by atoms with E-state index >= 15 is 0 Å². The summed E-state index contributed by atoms with van der Waals surface area (Å²) in [7, 11) is 1.62. The number of hydrogen-bond donors (Lipinski definition) is 0. The maximum Gasteiger partial charge on any atom is 0.231 e. The number of ether oxygens (including phenoxy) is 3. The lowest BCUT2D eigenvalue weighted by atomic mass is 10.00. The van der Waals surface area contributed by atoms with Gasteiger partial charge in [-0.15, -0.1) is 0 Å².